The Morgan fingerprint density at radius 3 is 3.08 bits per heavy atom. The number of hydrogen-bond acceptors (Lipinski definition) is 6. The van der Waals surface area contributed by atoms with Crippen molar-refractivity contribution in [3.8, 4) is 0 Å². The summed E-state index contributed by atoms with van der Waals surface area (Å²) >= 11 is 0.935. The highest BCUT2D eigenvalue weighted by molar-refractivity contribution is 7.17. The number of ether oxygens (including phenoxy) is 1. The monoisotopic (exact) mass is 200 g/mol. The lowest BCUT2D eigenvalue weighted by molar-refractivity contribution is 0.0525. The minimum atomic E-state index is -0.543. The third-order valence-electron chi connectivity index (χ3n) is 1.03. The van der Waals surface area contributed by atoms with Crippen molar-refractivity contribution in [2.45, 2.75) is 6.92 Å². The van der Waals surface area contributed by atoms with E-state index >= 15 is 0 Å². The van der Waals surface area contributed by atoms with Crippen LogP contribution in [0.2, 0.25) is 0 Å². The van der Waals surface area contributed by atoms with Crippen LogP contribution in [0.3, 0.4) is 0 Å². The van der Waals surface area contributed by atoms with Crippen LogP contribution >= 0.6 is 11.3 Å². The molecule has 0 bridgehead atoms. The van der Waals surface area contributed by atoms with E-state index < -0.39 is 5.97 Å². The molecule has 1 aromatic rings. The molecule has 0 saturated heterocycles. The lowest BCUT2D eigenvalue weighted by Crippen LogP contribution is -2.03. The minimum Gasteiger partial charge on any atom is -0.461 e. The van der Waals surface area contributed by atoms with Crippen molar-refractivity contribution in [3.63, 3.8) is 0 Å². The molecule has 0 aliphatic rings. The van der Waals surface area contributed by atoms with Crippen LogP contribution in [-0.4, -0.2) is 29.2 Å². The van der Waals surface area contributed by atoms with Crippen molar-refractivity contribution >= 4 is 28.8 Å². The Kier molecular flexibility index (Phi) is 3.32. The highest BCUT2D eigenvalue weighted by atomic mass is 32.1. The quantitative estimate of drug-likeness (QED) is 0.554. The second-order valence-electron chi connectivity index (χ2n) is 1.86. The van der Waals surface area contributed by atoms with Crippen LogP contribution in [0.1, 0.15) is 16.7 Å². The Labute approximate surface area is 77.9 Å². The predicted octanol–water partition coefficient (Wildman–Crippen LogP) is 0.194. The minimum absolute atomic E-state index is 0.111. The van der Waals surface area contributed by atoms with Gasteiger partial charge in [-0.1, -0.05) is 11.3 Å². The van der Waals surface area contributed by atoms with Crippen molar-refractivity contribution in [3.05, 3.63) is 5.01 Å². The molecule has 1 radical (unpaired) electrons. The first-order valence-electron chi connectivity index (χ1n) is 3.41. The first kappa shape index (κ1) is 9.59. The fraction of sp³-hybridized carbons (Fsp3) is 0.333. The van der Waals surface area contributed by atoms with Crippen LogP contribution in [0.4, 0.5) is 5.13 Å². The van der Waals surface area contributed by atoms with Crippen LogP contribution in [0.5, 0.6) is 0 Å². The maximum Gasteiger partial charge on any atom is 0.369 e. The number of hydrogen-bond donors (Lipinski definition) is 1. The van der Waals surface area contributed by atoms with Crippen molar-refractivity contribution in [1.82, 2.24) is 10.2 Å². The molecule has 0 aliphatic carbocycles. The molecule has 1 rings (SSSR count). The summed E-state index contributed by atoms with van der Waals surface area (Å²) in [6.45, 7) is 1.97. The van der Waals surface area contributed by atoms with Gasteiger partial charge in [-0.25, -0.2) is 4.79 Å². The molecule has 7 heteroatoms. The molecule has 0 aromatic carbocycles. The maximum absolute atomic E-state index is 11.0. The molecule has 69 valence electrons. The first-order chi connectivity index (χ1) is 6.27. The lowest BCUT2D eigenvalue weighted by atomic mass is 10.7. The van der Waals surface area contributed by atoms with Gasteiger partial charge in [-0.2, -0.15) is 0 Å². The number of nitrogens with zero attached hydrogens (tertiary/aromatic N) is 2. The second kappa shape index (κ2) is 4.51. The van der Waals surface area contributed by atoms with Gasteiger partial charge in [0.2, 0.25) is 10.1 Å². The standard InChI is InChI=1S/C6H6N3O3S/c1-2-12-5(11)4-8-9-6(13-4)7-3-10/h2H2,1H3,(H,7,9,10). The molecule has 13 heavy (non-hydrogen) atoms. The molecule has 0 aliphatic heterocycles. The smallest absolute Gasteiger partial charge is 0.369 e. The zero-order valence-corrected chi connectivity index (χ0v) is 7.55. The Morgan fingerprint density at radius 1 is 1.69 bits per heavy atom. The van der Waals surface area contributed by atoms with E-state index in [1.165, 1.54) is 6.41 Å². The van der Waals surface area contributed by atoms with E-state index in [1.54, 1.807) is 6.92 Å². The molecule has 0 atom stereocenters. The number of nitrogens with one attached hydrogen (secondary N) is 1. The third kappa shape index (κ3) is 2.48. The molecule has 0 fully saturated rings. The lowest BCUT2D eigenvalue weighted by Gasteiger charge is -1.93. The van der Waals surface area contributed by atoms with Gasteiger partial charge in [0.25, 0.3) is 0 Å². The fourth-order valence-corrected chi connectivity index (χ4v) is 1.17. The van der Waals surface area contributed by atoms with Gasteiger partial charge in [0.15, 0.2) is 0 Å². The Morgan fingerprint density at radius 2 is 2.46 bits per heavy atom. The molecule has 0 unspecified atom stereocenters. The average Bonchev–Trinajstić information content (AvgIpc) is 2.54. The van der Waals surface area contributed by atoms with E-state index in [-0.39, 0.29) is 16.7 Å². The Bertz CT molecular complexity index is 312. The van der Waals surface area contributed by atoms with Gasteiger partial charge >= 0.3 is 12.4 Å². The number of aromatic nitrogens is 2. The molecule has 1 N–H and O–H groups in total. The summed E-state index contributed by atoms with van der Waals surface area (Å²) in [4.78, 5) is 20.9. The predicted molar refractivity (Wildman–Crippen MR) is 45.2 cm³/mol. The van der Waals surface area contributed by atoms with E-state index in [2.05, 4.69) is 20.3 Å². The summed E-state index contributed by atoms with van der Waals surface area (Å²) in [5.41, 5.74) is 0. The van der Waals surface area contributed by atoms with Gasteiger partial charge in [0, 0.05) is 0 Å². The van der Waals surface area contributed by atoms with E-state index in [9.17, 15) is 9.59 Å². The number of rotatable bonds is 4. The number of carbonyl (C=O) groups excluding carboxylic acids is 2. The van der Waals surface area contributed by atoms with Gasteiger partial charge < -0.3 is 4.74 Å². The molecule has 1 aromatic heterocycles. The molecule has 0 spiro atoms. The van der Waals surface area contributed by atoms with Gasteiger partial charge in [-0.3, -0.25) is 10.1 Å². The molecule has 0 saturated carbocycles. The summed E-state index contributed by atoms with van der Waals surface area (Å²) in [7, 11) is 0. The van der Waals surface area contributed by atoms with Crippen LogP contribution in [0.15, 0.2) is 0 Å². The van der Waals surface area contributed by atoms with Crippen molar-refractivity contribution in [2.24, 2.45) is 0 Å². The number of amides is 1. The van der Waals surface area contributed by atoms with Crippen LogP contribution in [0.25, 0.3) is 0 Å². The zero-order chi connectivity index (χ0) is 9.68. The average molecular weight is 200 g/mol. The summed E-state index contributed by atoms with van der Waals surface area (Å²) in [5, 5.41) is 9.50. The summed E-state index contributed by atoms with van der Waals surface area (Å²) < 4.78 is 4.66. The highest BCUT2D eigenvalue weighted by Gasteiger charge is 2.12. The van der Waals surface area contributed by atoms with E-state index in [0.29, 0.717) is 0 Å². The van der Waals surface area contributed by atoms with Gasteiger partial charge in [0.1, 0.15) is 0 Å². The van der Waals surface area contributed by atoms with E-state index in [1.807, 2.05) is 0 Å². The number of carbonyl (C=O) groups is 1. The SMILES string of the molecule is CCOC(=O)c1nnc(N[C]=O)s1. The largest absolute Gasteiger partial charge is 0.461 e. The fourth-order valence-electron chi connectivity index (χ4n) is 0.593. The van der Waals surface area contributed by atoms with Crippen LogP contribution in [0, 0.1) is 0 Å². The first-order valence-corrected chi connectivity index (χ1v) is 4.23. The highest BCUT2D eigenvalue weighted by Crippen LogP contribution is 2.14. The zero-order valence-electron chi connectivity index (χ0n) is 6.73. The van der Waals surface area contributed by atoms with Gasteiger partial charge in [-0.15, -0.1) is 10.2 Å². The van der Waals surface area contributed by atoms with E-state index in [4.69, 9.17) is 0 Å². The molecular formula is C6H6N3O3S. The van der Waals surface area contributed by atoms with Crippen molar-refractivity contribution < 1.29 is 14.3 Å². The normalized spacial score (nSPS) is 9.31. The summed E-state index contributed by atoms with van der Waals surface area (Å²) in [5.74, 6) is -0.543. The van der Waals surface area contributed by atoms with Crippen molar-refractivity contribution in [2.75, 3.05) is 11.9 Å². The maximum atomic E-state index is 11.0. The van der Waals surface area contributed by atoms with Gasteiger partial charge in [0.05, 0.1) is 6.61 Å². The van der Waals surface area contributed by atoms with Crippen molar-refractivity contribution in [1.29, 1.82) is 0 Å². The van der Waals surface area contributed by atoms with Crippen LogP contribution in [-0.2, 0) is 9.53 Å². The Hall–Kier alpha value is -1.50. The van der Waals surface area contributed by atoms with E-state index in [0.717, 1.165) is 11.3 Å². The number of anilines is 1. The molecular weight excluding hydrogens is 194 g/mol. The molecule has 1 heterocycles. The third-order valence-corrected chi connectivity index (χ3v) is 1.85. The molecule has 6 nitrogen and oxygen atoms in total. The molecule has 1 amide bonds. The number of esters is 1. The summed E-state index contributed by atoms with van der Waals surface area (Å²) in [6.07, 6.45) is 1.42. The summed E-state index contributed by atoms with van der Waals surface area (Å²) in [6, 6.07) is 0. The topological polar surface area (TPSA) is 81.2 Å². The van der Waals surface area contributed by atoms with Gasteiger partial charge in [-0.05, 0) is 6.92 Å². The van der Waals surface area contributed by atoms with Crippen LogP contribution < -0.4 is 5.32 Å². The Balaban J connectivity index is 2.67. The second-order valence-corrected chi connectivity index (χ2v) is 2.84.